The summed E-state index contributed by atoms with van der Waals surface area (Å²) in [5.41, 5.74) is 0.866. The minimum atomic E-state index is -4.47. The molecular formula is C21H24F3N5O. The molecule has 2 aromatic rings. The van der Waals surface area contributed by atoms with Gasteiger partial charge in [0.25, 0.3) is 5.91 Å². The molecule has 4 rings (SSSR count). The van der Waals surface area contributed by atoms with Crippen molar-refractivity contribution in [1.29, 1.82) is 0 Å². The van der Waals surface area contributed by atoms with Crippen molar-refractivity contribution < 1.29 is 18.0 Å². The van der Waals surface area contributed by atoms with Crippen molar-refractivity contribution in [2.75, 3.05) is 18.9 Å². The van der Waals surface area contributed by atoms with Crippen LogP contribution in [0.25, 0.3) is 0 Å². The third-order valence-electron chi connectivity index (χ3n) is 5.77. The average Bonchev–Trinajstić information content (AvgIpc) is 3.33. The summed E-state index contributed by atoms with van der Waals surface area (Å²) in [6.45, 7) is 0.435. The van der Waals surface area contributed by atoms with E-state index in [4.69, 9.17) is 0 Å². The van der Waals surface area contributed by atoms with Crippen molar-refractivity contribution in [3.8, 4) is 0 Å². The van der Waals surface area contributed by atoms with Crippen molar-refractivity contribution in [2.24, 2.45) is 0 Å². The predicted molar refractivity (Wildman–Crippen MR) is 107 cm³/mol. The first-order valence-corrected chi connectivity index (χ1v) is 9.97. The van der Waals surface area contributed by atoms with Crippen LogP contribution in [-0.2, 0) is 0 Å². The van der Waals surface area contributed by atoms with Gasteiger partial charge in [-0.25, -0.2) is 4.68 Å². The normalized spacial score (nSPS) is 23.2. The van der Waals surface area contributed by atoms with Gasteiger partial charge in [-0.15, -0.1) is 0 Å². The van der Waals surface area contributed by atoms with E-state index in [-0.39, 0.29) is 17.8 Å². The van der Waals surface area contributed by atoms with Crippen molar-refractivity contribution >= 4 is 11.7 Å². The smallest absolute Gasteiger partial charge is 0.377 e. The molecule has 2 N–H and O–H groups in total. The Hall–Kier alpha value is -2.97. The highest BCUT2D eigenvalue weighted by Crippen LogP contribution is 2.44. The number of hydrogen-bond donors (Lipinski definition) is 2. The molecule has 3 atom stereocenters. The van der Waals surface area contributed by atoms with Gasteiger partial charge < -0.3 is 15.5 Å². The maximum Gasteiger partial charge on any atom is 0.410 e. The molecule has 0 saturated carbocycles. The Labute approximate surface area is 172 Å². The highest BCUT2D eigenvalue weighted by molar-refractivity contribution is 5.98. The molecule has 3 unspecified atom stereocenters. The van der Waals surface area contributed by atoms with Crippen molar-refractivity contribution in [2.45, 2.75) is 43.6 Å². The van der Waals surface area contributed by atoms with Crippen LogP contribution >= 0.6 is 0 Å². The van der Waals surface area contributed by atoms with E-state index in [1.807, 2.05) is 19.3 Å². The van der Waals surface area contributed by atoms with Gasteiger partial charge in [-0.2, -0.15) is 18.3 Å². The van der Waals surface area contributed by atoms with Crippen LogP contribution in [0.2, 0.25) is 0 Å². The number of rotatable bonds is 5. The largest absolute Gasteiger partial charge is 0.410 e. The minimum absolute atomic E-state index is 0.106. The number of halogens is 3. The van der Waals surface area contributed by atoms with E-state index in [9.17, 15) is 18.0 Å². The number of carbonyl (C=O) groups is 1. The zero-order valence-corrected chi connectivity index (χ0v) is 16.6. The molecule has 0 spiro atoms. The van der Waals surface area contributed by atoms with Crippen molar-refractivity contribution in [3.63, 3.8) is 0 Å². The minimum Gasteiger partial charge on any atom is -0.377 e. The maximum atomic E-state index is 13.7. The number of anilines is 1. The average molecular weight is 419 g/mol. The first kappa shape index (κ1) is 20.3. The SMILES string of the molecule is CN1C=CCC1CCNC(=O)c1cnn2c1NC(c1ccccc1)CC2C(F)(F)F. The Morgan fingerprint density at radius 2 is 2.07 bits per heavy atom. The fraction of sp³-hybridized carbons (Fsp3) is 0.429. The monoisotopic (exact) mass is 419 g/mol. The second-order valence-corrected chi connectivity index (χ2v) is 7.74. The first-order chi connectivity index (χ1) is 14.3. The van der Waals surface area contributed by atoms with E-state index < -0.39 is 24.2 Å². The molecular weight excluding hydrogens is 395 g/mol. The van der Waals surface area contributed by atoms with Gasteiger partial charge in [0.15, 0.2) is 6.04 Å². The molecule has 9 heteroatoms. The lowest BCUT2D eigenvalue weighted by Gasteiger charge is -2.34. The fourth-order valence-corrected chi connectivity index (χ4v) is 4.07. The summed E-state index contributed by atoms with van der Waals surface area (Å²) in [5, 5.41) is 9.83. The lowest BCUT2D eigenvalue weighted by Crippen LogP contribution is -2.36. The number of nitrogens with one attached hydrogen (secondary N) is 2. The molecule has 2 aliphatic heterocycles. The van der Waals surface area contributed by atoms with Crippen LogP contribution in [-0.4, -0.2) is 46.4 Å². The number of nitrogens with zero attached hydrogens (tertiary/aromatic N) is 3. The van der Waals surface area contributed by atoms with Crippen LogP contribution < -0.4 is 10.6 Å². The molecule has 0 bridgehead atoms. The van der Waals surface area contributed by atoms with Gasteiger partial charge in [0.05, 0.1) is 12.2 Å². The van der Waals surface area contributed by atoms with Gasteiger partial charge >= 0.3 is 6.18 Å². The molecule has 160 valence electrons. The molecule has 0 saturated heterocycles. The van der Waals surface area contributed by atoms with Gasteiger partial charge in [0.1, 0.15) is 11.4 Å². The summed E-state index contributed by atoms with van der Waals surface area (Å²) in [6.07, 6.45) is 2.31. The molecule has 1 aromatic carbocycles. The highest BCUT2D eigenvalue weighted by Gasteiger charge is 2.47. The van der Waals surface area contributed by atoms with Gasteiger partial charge in [-0.05, 0) is 24.6 Å². The Balaban J connectivity index is 1.52. The van der Waals surface area contributed by atoms with E-state index in [0.717, 1.165) is 23.1 Å². The van der Waals surface area contributed by atoms with Crippen molar-refractivity contribution in [1.82, 2.24) is 20.0 Å². The zero-order valence-electron chi connectivity index (χ0n) is 16.6. The Morgan fingerprint density at radius 1 is 1.30 bits per heavy atom. The molecule has 0 fully saturated rings. The van der Waals surface area contributed by atoms with Crippen LogP contribution in [0.15, 0.2) is 48.8 Å². The van der Waals surface area contributed by atoms with Gasteiger partial charge in [-0.3, -0.25) is 4.79 Å². The van der Waals surface area contributed by atoms with Crippen LogP contribution in [0.5, 0.6) is 0 Å². The summed E-state index contributed by atoms with van der Waals surface area (Å²) in [4.78, 5) is 14.8. The number of aromatic nitrogens is 2. The lowest BCUT2D eigenvalue weighted by molar-refractivity contribution is -0.173. The van der Waals surface area contributed by atoms with E-state index in [1.54, 1.807) is 24.3 Å². The van der Waals surface area contributed by atoms with Gasteiger partial charge in [-0.1, -0.05) is 36.4 Å². The second-order valence-electron chi connectivity index (χ2n) is 7.74. The molecule has 1 amide bonds. The summed E-state index contributed by atoms with van der Waals surface area (Å²) in [7, 11) is 1.98. The standard InChI is InChI=1S/C21H24F3N5O/c1-28-11-5-8-15(28)9-10-25-20(30)16-13-26-29-18(21(22,23)24)12-17(27-19(16)29)14-6-3-2-4-7-14/h2-7,11,13,15,17-18,27H,8-10,12H2,1H3,(H,25,30). The topological polar surface area (TPSA) is 62.2 Å². The molecule has 30 heavy (non-hydrogen) atoms. The Kier molecular flexibility index (Phi) is 5.44. The third-order valence-corrected chi connectivity index (χ3v) is 5.77. The summed E-state index contributed by atoms with van der Waals surface area (Å²) < 4.78 is 42.1. The number of hydrogen-bond acceptors (Lipinski definition) is 4. The molecule has 1 aromatic heterocycles. The highest BCUT2D eigenvalue weighted by atomic mass is 19.4. The quantitative estimate of drug-likeness (QED) is 0.772. The predicted octanol–water partition coefficient (Wildman–Crippen LogP) is 3.88. The van der Waals surface area contributed by atoms with Crippen LogP contribution in [0.3, 0.4) is 0 Å². The van der Waals surface area contributed by atoms with E-state index in [2.05, 4.69) is 26.7 Å². The molecule has 2 aliphatic rings. The Morgan fingerprint density at radius 3 is 2.73 bits per heavy atom. The number of benzene rings is 1. The third kappa shape index (κ3) is 4.01. The fourth-order valence-electron chi connectivity index (χ4n) is 4.07. The summed E-state index contributed by atoms with van der Waals surface area (Å²) in [5.74, 6) is -0.318. The van der Waals surface area contributed by atoms with E-state index in [0.29, 0.717) is 12.6 Å². The molecule has 0 radical (unpaired) electrons. The van der Waals surface area contributed by atoms with Crippen LogP contribution in [0.4, 0.5) is 19.0 Å². The van der Waals surface area contributed by atoms with E-state index >= 15 is 0 Å². The lowest BCUT2D eigenvalue weighted by atomic mass is 9.96. The number of amides is 1. The summed E-state index contributed by atoms with van der Waals surface area (Å²) >= 11 is 0. The van der Waals surface area contributed by atoms with Gasteiger partial charge in [0.2, 0.25) is 0 Å². The second kappa shape index (κ2) is 8.04. The number of fused-ring (bicyclic) bond motifs is 1. The first-order valence-electron chi connectivity index (χ1n) is 9.97. The Bertz CT molecular complexity index is 924. The van der Waals surface area contributed by atoms with Gasteiger partial charge in [0, 0.05) is 26.1 Å². The molecule has 0 aliphatic carbocycles. The number of carbonyl (C=O) groups excluding carboxylic acids is 1. The zero-order chi connectivity index (χ0) is 21.3. The number of alkyl halides is 3. The van der Waals surface area contributed by atoms with Crippen molar-refractivity contribution in [3.05, 3.63) is 59.9 Å². The summed E-state index contributed by atoms with van der Waals surface area (Å²) in [6, 6.07) is 6.91. The van der Waals surface area contributed by atoms with E-state index in [1.165, 1.54) is 6.20 Å². The molecule has 3 heterocycles. The van der Waals surface area contributed by atoms with Crippen LogP contribution in [0.1, 0.15) is 47.3 Å². The van der Waals surface area contributed by atoms with Crippen LogP contribution in [0, 0.1) is 0 Å². The maximum absolute atomic E-state index is 13.7. The molecule has 6 nitrogen and oxygen atoms in total.